The van der Waals surface area contributed by atoms with Gasteiger partial charge < -0.3 is 65.0 Å². The minimum absolute atomic E-state index is 0.0929. The van der Waals surface area contributed by atoms with Gasteiger partial charge in [0.25, 0.3) is 0 Å². The van der Waals surface area contributed by atoms with Crippen LogP contribution in [-0.4, -0.2) is 120 Å². The Labute approximate surface area is 312 Å². The third-order valence-corrected chi connectivity index (χ3v) is 8.74. The second-order valence-corrected chi connectivity index (χ2v) is 13.5. The summed E-state index contributed by atoms with van der Waals surface area (Å²) in [5.74, 6) is -5.72. The molecule has 0 fully saturated rings. The van der Waals surface area contributed by atoms with Crippen molar-refractivity contribution in [1.29, 1.82) is 0 Å². The molecule has 0 heterocycles. The molecule has 16 N–H and O–H groups in total. The largest absolute Gasteiger partial charge is 0.391 e. The third kappa shape index (κ3) is 19.1. The minimum atomic E-state index is -1.51. The van der Waals surface area contributed by atoms with E-state index in [0.717, 1.165) is 0 Å². The Morgan fingerprint density at radius 1 is 0.509 bits per heavy atom. The molecule has 7 amide bonds. The molecule has 0 rings (SSSR count). The summed E-state index contributed by atoms with van der Waals surface area (Å²) in [6.45, 7) is 8.33. The van der Waals surface area contributed by atoms with Crippen LogP contribution < -0.4 is 54.8 Å². The maximum atomic E-state index is 13.8. The van der Waals surface area contributed by atoms with Crippen molar-refractivity contribution < 1.29 is 43.8 Å². The molecule has 306 valence electrons. The molecule has 19 nitrogen and oxygen atoms in total. The zero-order valence-electron chi connectivity index (χ0n) is 32.0. The van der Waals surface area contributed by atoms with Crippen molar-refractivity contribution in [1.82, 2.24) is 31.9 Å². The number of carbonyl (C=O) groups is 7. The maximum absolute atomic E-state index is 13.8. The molecule has 0 saturated heterocycles. The average Bonchev–Trinajstić information content (AvgIpc) is 3.09. The molecule has 9 atom stereocenters. The molecule has 0 aromatic heterocycles. The molecular weight excluding hydrogens is 692 g/mol. The van der Waals surface area contributed by atoms with E-state index in [1.807, 2.05) is 0 Å². The van der Waals surface area contributed by atoms with Gasteiger partial charge in [-0.1, -0.05) is 20.3 Å². The topological polar surface area (TPSA) is 336 Å². The lowest BCUT2D eigenvalue weighted by atomic mass is 9.96. The lowest BCUT2D eigenvalue weighted by Gasteiger charge is -2.30. The molecule has 0 aliphatic rings. The van der Waals surface area contributed by atoms with Crippen LogP contribution in [0.15, 0.2) is 0 Å². The Hall–Kier alpha value is -3.91. The van der Waals surface area contributed by atoms with Crippen molar-refractivity contribution in [2.45, 2.75) is 147 Å². The van der Waals surface area contributed by atoms with Gasteiger partial charge in [0.2, 0.25) is 41.4 Å². The summed E-state index contributed by atoms with van der Waals surface area (Å²) in [6.07, 6.45) is 1.15. The normalized spacial score (nSPS) is 16.3. The predicted octanol–water partition coefficient (Wildman–Crippen LogP) is -3.40. The molecule has 0 bridgehead atoms. The first kappa shape index (κ1) is 49.1. The minimum Gasteiger partial charge on any atom is -0.391 e. The van der Waals surface area contributed by atoms with E-state index in [-0.39, 0.29) is 19.3 Å². The van der Waals surface area contributed by atoms with Crippen molar-refractivity contribution in [3.63, 3.8) is 0 Å². The zero-order chi connectivity index (χ0) is 40.7. The van der Waals surface area contributed by atoms with Crippen molar-refractivity contribution in [2.24, 2.45) is 28.9 Å². The van der Waals surface area contributed by atoms with Crippen LogP contribution in [0.1, 0.15) is 98.8 Å². The summed E-state index contributed by atoms with van der Waals surface area (Å²) < 4.78 is 0. The van der Waals surface area contributed by atoms with E-state index < -0.39 is 95.7 Å². The lowest BCUT2D eigenvalue weighted by Crippen LogP contribution is -2.62. The highest BCUT2D eigenvalue weighted by Gasteiger charge is 2.36. The number of amides is 7. The Balaban J connectivity index is 6.26. The first-order valence-corrected chi connectivity index (χ1v) is 18.5. The highest BCUT2D eigenvalue weighted by Crippen LogP contribution is 2.12. The number of aliphatic hydroxyl groups is 2. The smallest absolute Gasteiger partial charge is 0.245 e. The monoisotopic (exact) mass is 759 g/mol. The fourth-order valence-electron chi connectivity index (χ4n) is 5.35. The quantitative estimate of drug-likeness (QED) is 0.0348. The predicted molar refractivity (Wildman–Crippen MR) is 198 cm³/mol. The Kier molecular flexibility index (Phi) is 24.8. The highest BCUT2D eigenvalue weighted by molar-refractivity contribution is 5.97. The molecule has 0 saturated carbocycles. The lowest BCUT2D eigenvalue weighted by molar-refractivity contribution is -0.137. The van der Waals surface area contributed by atoms with E-state index in [9.17, 15) is 43.8 Å². The van der Waals surface area contributed by atoms with Crippen molar-refractivity contribution >= 4 is 41.4 Å². The molecule has 0 aliphatic heterocycles. The van der Waals surface area contributed by atoms with Crippen molar-refractivity contribution in [3.8, 4) is 0 Å². The Morgan fingerprint density at radius 2 is 0.849 bits per heavy atom. The van der Waals surface area contributed by atoms with Crippen LogP contribution in [0.3, 0.4) is 0 Å². The van der Waals surface area contributed by atoms with Gasteiger partial charge in [-0.3, -0.25) is 33.6 Å². The van der Waals surface area contributed by atoms with E-state index in [1.54, 1.807) is 13.8 Å². The van der Waals surface area contributed by atoms with Gasteiger partial charge >= 0.3 is 0 Å². The van der Waals surface area contributed by atoms with Gasteiger partial charge in [0.15, 0.2) is 0 Å². The molecular formula is C34H66N10O9. The van der Waals surface area contributed by atoms with Crippen LogP contribution in [0.4, 0.5) is 0 Å². The van der Waals surface area contributed by atoms with Crippen LogP contribution in [-0.2, 0) is 33.6 Å². The molecule has 0 aromatic rings. The third-order valence-electron chi connectivity index (χ3n) is 8.74. The Morgan fingerprint density at radius 3 is 1.17 bits per heavy atom. The second-order valence-electron chi connectivity index (χ2n) is 13.5. The van der Waals surface area contributed by atoms with E-state index in [2.05, 4.69) is 31.9 Å². The van der Waals surface area contributed by atoms with Gasteiger partial charge in [0, 0.05) is 6.92 Å². The fourth-order valence-corrected chi connectivity index (χ4v) is 5.35. The number of nitrogens with two attached hydrogens (primary N) is 4. The van der Waals surface area contributed by atoms with Gasteiger partial charge in [-0.25, -0.2) is 0 Å². The maximum Gasteiger partial charge on any atom is 0.245 e. The first-order chi connectivity index (χ1) is 24.9. The molecule has 0 aliphatic carbocycles. The molecule has 0 spiro atoms. The van der Waals surface area contributed by atoms with Crippen LogP contribution >= 0.6 is 0 Å². The van der Waals surface area contributed by atoms with E-state index in [1.165, 1.54) is 20.8 Å². The number of unbranched alkanes of at least 4 members (excludes halogenated alkanes) is 3. The van der Waals surface area contributed by atoms with Crippen molar-refractivity contribution in [3.05, 3.63) is 0 Å². The SMILES string of the molecule is CC[C@H](C)[C@H](NC(=O)[C@H](CCCCN)NC(=O)[C@@H](NC(=O)[C@H](CCCCN)NC(C)=O)[C@@H](C)O)C(=O)N[C@@H](CCCCN)C(=O)N[C@H](C(N)=O)[C@@H](C)O. The molecule has 53 heavy (non-hydrogen) atoms. The summed E-state index contributed by atoms with van der Waals surface area (Å²) >= 11 is 0. The number of aliphatic hydroxyl groups excluding tert-OH is 2. The molecule has 0 radical (unpaired) electrons. The summed E-state index contributed by atoms with van der Waals surface area (Å²) in [6, 6.07) is -7.51. The van der Waals surface area contributed by atoms with Crippen LogP contribution in [0, 0.1) is 5.92 Å². The number of rotatable bonds is 28. The highest BCUT2D eigenvalue weighted by atomic mass is 16.3. The first-order valence-electron chi connectivity index (χ1n) is 18.5. The molecule has 0 aromatic carbocycles. The fraction of sp³-hybridized carbons (Fsp3) is 0.794. The molecule has 19 heteroatoms. The average molecular weight is 759 g/mol. The van der Waals surface area contributed by atoms with Crippen LogP contribution in [0.25, 0.3) is 0 Å². The van der Waals surface area contributed by atoms with Gasteiger partial charge in [0.05, 0.1) is 12.2 Å². The zero-order valence-corrected chi connectivity index (χ0v) is 32.0. The van der Waals surface area contributed by atoms with E-state index >= 15 is 0 Å². The number of hydrogen-bond acceptors (Lipinski definition) is 12. The summed E-state index contributed by atoms with van der Waals surface area (Å²) in [5.41, 5.74) is 22.2. The molecule has 0 unspecified atom stereocenters. The van der Waals surface area contributed by atoms with Gasteiger partial charge in [-0.2, -0.15) is 0 Å². The number of nitrogens with one attached hydrogen (secondary N) is 6. The van der Waals surface area contributed by atoms with Gasteiger partial charge in [-0.05, 0) is 97.2 Å². The summed E-state index contributed by atoms with van der Waals surface area (Å²) in [7, 11) is 0. The number of primary amides is 1. The van der Waals surface area contributed by atoms with E-state index in [0.29, 0.717) is 64.6 Å². The summed E-state index contributed by atoms with van der Waals surface area (Å²) in [4.78, 5) is 91.0. The van der Waals surface area contributed by atoms with E-state index in [4.69, 9.17) is 22.9 Å². The number of carbonyl (C=O) groups excluding carboxylic acids is 7. The Bertz CT molecular complexity index is 1170. The van der Waals surface area contributed by atoms with Gasteiger partial charge in [0.1, 0.15) is 36.3 Å². The number of hydrogen-bond donors (Lipinski definition) is 12. The van der Waals surface area contributed by atoms with Crippen molar-refractivity contribution in [2.75, 3.05) is 19.6 Å². The van der Waals surface area contributed by atoms with Crippen LogP contribution in [0.5, 0.6) is 0 Å². The van der Waals surface area contributed by atoms with Crippen LogP contribution in [0.2, 0.25) is 0 Å². The standard InChI is InChI=1S/C34H66N10O9/c1-6-19(2)26(33(52)40-25(15-9-12-18-37)32(51)43-27(20(3)45)29(38)48)42-31(50)24(14-8-11-17-36)41-34(53)28(21(4)46)44-30(49)23(39-22(5)47)13-7-10-16-35/h19-21,23-28,45-46H,6-18,35-37H2,1-5H3,(H2,38,48)(H,39,47)(H,40,52)(H,41,53)(H,42,50)(H,43,51)(H,44,49)/t19-,20+,21+,23-,24-,25-,26-,27-,28-/m0/s1. The summed E-state index contributed by atoms with van der Waals surface area (Å²) in [5, 5.41) is 35.7. The van der Waals surface area contributed by atoms with Gasteiger partial charge in [-0.15, -0.1) is 0 Å². The second kappa shape index (κ2) is 26.8.